The zero-order valence-corrected chi connectivity index (χ0v) is 15.0. The van der Waals surface area contributed by atoms with Crippen molar-refractivity contribution in [3.63, 3.8) is 0 Å². The van der Waals surface area contributed by atoms with E-state index in [4.69, 9.17) is 4.42 Å². The van der Waals surface area contributed by atoms with Gasteiger partial charge in [-0.2, -0.15) is 0 Å². The summed E-state index contributed by atoms with van der Waals surface area (Å²) < 4.78 is 8.67. The second kappa shape index (κ2) is 5.97. The molecule has 5 nitrogen and oxygen atoms in total. The standard InChI is InChI=1S/C16H12IN3O2S/c17-14-7-6-12(22-14)8-13-15(21)20-10-19(9-18-16(20)23-13)11-4-2-1-3-5-11/h1-8H,9-10H2/b13-8-. The van der Waals surface area contributed by atoms with Crippen LogP contribution in [0.15, 0.2) is 56.7 Å². The third kappa shape index (κ3) is 2.86. The van der Waals surface area contributed by atoms with Crippen LogP contribution in [0.3, 0.4) is 0 Å². The minimum Gasteiger partial charge on any atom is -0.451 e. The highest BCUT2D eigenvalue weighted by molar-refractivity contribution is 14.1. The summed E-state index contributed by atoms with van der Waals surface area (Å²) in [5.74, 6) is 0.686. The third-order valence-corrected chi connectivity index (χ3v) is 5.19. The topological polar surface area (TPSA) is 50.7 Å². The summed E-state index contributed by atoms with van der Waals surface area (Å²) in [5, 5.41) is 0. The second-order valence-corrected chi connectivity index (χ2v) is 7.16. The van der Waals surface area contributed by atoms with Crippen LogP contribution in [0, 0.1) is 3.77 Å². The Morgan fingerprint density at radius 1 is 1.22 bits per heavy atom. The predicted molar refractivity (Wildman–Crippen MR) is 98.1 cm³/mol. The fraction of sp³-hybridized carbons (Fsp3) is 0.125. The van der Waals surface area contributed by atoms with Crippen molar-refractivity contribution >= 4 is 45.7 Å². The van der Waals surface area contributed by atoms with Crippen molar-refractivity contribution in [2.24, 2.45) is 4.99 Å². The van der Waals surface area contributed by atoms with E-state index in [9.17, 15) is 4.79 Å². The van der Waals surface area contributed by atoms with Gasteiger partial charge in [0.15, 0.2) is 8.57 Å². The second-order valence-electron chi connectivity index (χ2n) is 5.08. The van der Waals surface area contributed by atoms with Gasteiger partial charge in [0.25, 0.3) is 5.56 Å². The molecule has 0 N–H and O–H groups in total. The van der Waals surface area contributed by atoms with Gasteiger partial charge < -0.3 is 9.32 Å². The average Bonchev–Trinajstić information content (AvgIpc) is 3.12. The molecule has 4 rings (SSSR count). The number of para-hydroxylation sites is 1. The maximum atomic E-state index is 12.6. The van der Waals surface area contributed by atoms with Gasteiger partial charge in [-0.15, -0.1) is 0 Å². The van der Waals surface area contributed by atoms with Gasteiger partial charge >= 0.3 is 0 Å². The molecule has 0 saturated carbocycles. The summed E-state index contributed by atoms with van der Waals surface area (Å²) in [6.07, 6.45) is 1.78. The zero-order valence-electron chi connectivity index (χ0n) is 12.0. The molecular formula is C16H12IN3O2S. The SMILES string of the molecule is O=c1/c(=C/c2ccc(I)o2)sc2n1CN(c1ccccc1)CN=2. The van der Waals surface area contributed by atoms with Crippen LogP contribution in [0.25, 0.3) is 6.08 Å². The van der Waals surface area contributed by atoms with Gasteiger partial charge in [0.1, 0.15) is 19.1 Å². The molecule has 3 heterocycles. The van der Waals surface area contributed by atoms with Crippen LogP contribution in [0.4, 0.5) is 5.69 Å². The molecule has 116 valence electrons. The molecule has 0 atom stereocenters. The lowest BCUT2D eigenvalue weighted by atomic mass is 10.3. The van der Waals surface area contributed by atoms with Crippen LogP contribution in [0.1, 0.15) is 5.76 Å². The van der Waals surface area contributed by atoms with Gasteiger partial charge in [-0.3, -0.25) is 9.36 Å². The molecule has 0 saturated heterocycles. The fourth-order valence-corrected chi connectivity index (χ4v) is 3.83. The maximum absolute atomic E-state index is 12.6. The summed E-state index contributed by atoms with van der Waals surface area (Å²) in [6, 6.07) is 13.7. The molecule has 23 heavy (non-hydrogen) atoms. The molecule has 0 bridgehead atoms. The smallest absolute Gasteiger partial charge is 0.271 e. The van der Waals surface area contributed by atoms with Crippen molar-refractivity contribution in [3.8, 4) is 0 Å². The lowest BCUT2D eigenvalue weighted by molar-refractivity contribution is 0.528. The van der Waals surface area contributed by atoms with E-state index in [1.807, 2.05) is 42.5 Å². The van der Waals surface area contributed by atoms with E-state index >= 15 is 0 Å². The zero-order chi connectivity index (χ0) is 15.8. The van der Waals surface area contributed by atoms with E-state index in [-0.39, 0.29) is 5.56 Å². The number of anilines is 1. The van der Waals surface area contributed by atoms with Crippen molar-refractivity contribution in [2.75, 3.05) is 11.6 Å². The van der Waals surface area contributed by atoms with Crippen LogP contribution in [-0.4, -0.2) is 11.2 Å². The molecule has 0 unspecified atom stereocenters. The predicted octanol–water partition coefficient (Wildman–Crippen LogP) is 1.99. The van der Waals surface area contributed by atoms with Crippen LogP contribution < -0.4 is 19.8 Å². The van der Waals surface area contributed by atoms with E-state index < -0.39 is 0 Å². The summed E-state index contributed by atoms with van der Waals surface area (Å²) in [6.45, 7) is 1.07. The van der Waals surface area contributed by atoms with E-state index in [2.05, 4.69) is 32.5 Å². The van der Waals surface area contributed by atoms with Crippen molar-refractivity contribution in [3.05, 3.63) is 71.7 Å². The largest absolute Gasteiger partial charge is 0.451 e. The first-order valence-corrected chi connectivity index (χ1v) is 8.91. The molecule has 2 aromatic heterocycles. The van der Waals surface area contributed by atoms with Gasteiger partial charge in [-0.25, -0.2) is 4.99 Å². The molecule has 0 radical (unpaired) electrons. The van der Waals surface area contributed by atoms with Gasteiger partial charge in [-0.05, 0) is 46.9 Å². The first kappa shape index (κ1) is 14.7. The number of nitrogens with zero attached hydrogens (tertiary/aromatic N) is 3. The van der Waals surface area contributed by atoms with Crippen molar-refractivity contribution < 1.29 is 4.42 Å². The van der Waals surface area contributed by atoms with Crippen molar-refractivity contribution in [2.45, 2.75) is 6.67 Å². The summed E-state index contributed by atoms with van der Waals surface area (Å²) in [4.78, 5) is 20.0. The Morgan fingerprint density at radius 3 is 2.78 bits per heavy atom. The third-order valence-electron chi connectivity index (χ3n) is 3.57. The minimum absolute atomic E-state index is 0.0270. The lowest BCUT2D eigenvalue weighted by Crippen LogP contribution is -2.42. The molecule has 0 aliphatic carbocycles. The molecule has 3 aromatic rings. The van der Waals surface area contributed by atoms with Crippen LogP contribution in [0.2, 0.25) is 0 Å². The molecule has 0 amide bonds. The van der Waals surface area contributed by atoms with E-state index in [0.717, 1.165) is 14.3 Å². The highest BCUT2D eigenvalue weighted by Gasteiger charge is 2.15. The number of hydrogen-bond donors (Lipinski definition) is 0. The van der Waals surface area contributed by atoms with Gasteiger partial charge in [0.05, 0.1) is 4.53 Å². The highest BCUT2D eigenvalue weighted by atomic mass is 127. The van der Waals surface area contributed by atoms with Crippen LogP contribution >= 0.6 is 33.9 Å². The Bertz CT molecular complexity index is 1020. The lowest BCUT2D eigenvalue weighted by Gasteiger charge is -2.25. The molecule has 1 aliphatic heterocycles. The number of halogens is 1. The number of fused-ring (bicyclic) bond motifs is 1. The Kier molecular flexibility index (Phi) is 3.82. The number of benzene rings is 1. The van der Waals surface area contributed by atoms with Gasteiger partial charge in [0, 0.05) is 11.8 Å². The minimum atomic E-state index is -0.0270. The first-order valence-electron chi connectivity index (χ1n) is 7.02. The summed E-state index contributed by atoms with van der Waals surface area (Å²) >= 11 is 3.51. The number of aromatic nitrogens is 1. The van der Waals surface area contributed by atoms with Gasteiger partial charge in [0.2, 0.25) is 0 Å². The number of furan rings is 1. The van der Waals surface area contributed by atoms with Crippen LogP contribution in [-0.2, 0) is 6.67 Å². The summed E-state index contributed by atoms with van der Waals surface area (Å²) in [7, 11) is 0. The quantitative estimate of drug-likeness (QED) is 0.577. The Labute approximate surface area is 149 Å². The average molecular weight is 437 g/mol. The Balaban J connectivity index is 1.74. The molecule has 7 heteroatoms. The normalized spacial score (nSPS) is 14.7. The molecular weight excluding hydrogens is 425 g/mol. The Morgan fingerprint density at radius 2 is 2.04 bits per heavy atom. The number of thiazole rings is 1. The van der Waals surface area contributed by atoms with Crippen LogP contribution in [0.5, 0.6) is 0 Å². The van der Waals surface area contributed by atoms with E-state index in [1.165, 1.54) is 11.3 Å². The highest BCUT2D eigenvalue weighted by Crippen LogP contribution is 2.14. The monoisotopic (exact) mass is 437 g/mol. The van der Waals surface area contributed by atoms with Crippen molar-refractivity contribution in [1.29, 1.82) is 0 Å². The first-order chi connectivity index (χ1) is 11.2. The fourth-order valence-electron chi connectivity index (χ4n) is 2.45. The molecule has 1 aliphatic rings. The van der Waals surface area contributed by atoms with E-state index in [0.29, 0.717) is 23.6 Å². The molecule has 0 spiro atoms. The maximum Gasteiger partial charge on any atom is 0.271 e. The van der Waals surface area contributed by atoms with Crippen molar-refractivity contribution in [1.82, 2.24) is 4.57 Å². The van der Waals surface area contributed by atoms with E-state index in [1.54, 1.807) is 10.6 Å². The number of hydrogen-bond acceptors (Lipinski definition) is 5. The molecule has 0 fully saturated rings. The van der Waals surface area contributed by atoms with Gasteiger partial charge in [-0.1, -0.05) is 29.5 Å². The molecule has 1 aromatic carbocycles. The number of rotatable bonds is 2. The summed E-state index contributed by atoms with van der Waals surface area (Å²) in [5.41, 5.74) is 1.03. The Hall–Kier alpha value is -1.87.